The number of aromatic nitrogens is 4. The Bertz CT molecular complexity index is 1120. The van der Waals surface area contributed by atoms with Crippen molar-refractivity contribution in [2.75, 3.05) is 14.2 Å². The molecule has 0 saturated heterocycles. The van der Waals surface area contributed by atoms with E-state index in [2.05, 4.69) is 36.2 Å². The second-order valence-corrected chi connectivity index (χ2v) is 6.10. The van der Waals surface area contributed by atoms with E-state index in [0.717, 1.165) is 45.7 Å². The number of nitrogens with zero attached hydrogens (tertiary/aromatic N) is 4. The summed E-state index contributed by atoms with van der Waals surface area (Å²) in [5, 5.41) is 9.85. The van der Waals surface area contributed by atoms with Crippen LogP contribution in [0.2, 0.25) is 0 Å². The van der Waals surface area contributed by atoms with E-state index in [4.69, 9.17) is 14.5 Å². The van der Waals surface area contributed by atoms with Gasteiger partial charge in [-0.2, -0.15) is 0 Å². The maximum absolute atomic E-state index is 5.45. The van der Waals surface area contributed by atoms with Crippen LogP contribution in [0.1, 0.15) is 18.3 Å². The van der Waals surface area contributed by atoms with Gasteiger partial charge in [0, 0.05) is 23.4 Å². The second-order valence-electron chi connectivity index (χ2n) is 6.10. The molecule has 6 heteroatoms. The van der Waals surface area contributed by atoms with Gasteiger partial charge in [-0.05, 0) is 18.6 Å². The normalized spacial score (nSPS) is 11.2. The van der Waals surface area contributed by atoms with E-state index in [-0.39, 0.29) is 0 Å². The Morgan fingerprint density at radius 3 is 2.42 bits per heavy atom. The van der Waals surface area contributed by atoms with Gasteiger partial charge in [0.05, 0.1) is 19.7 Å². The molecule has 0 N–H and O–H groups in total. The Balaban J connectivity index is 2.10. The zero-order valence-electron chi connectivity index (χ0n) is 15.3. The molecule has 26 heavy (non-hydrogen) atoms. The fourth-order valence-corrected chi connectivity index (χ4v) is 3.27. The summed E-state index contributed by atoms with van der Waals surface area (Å²) in [5.41, 5.74) is 3.79. The van der Waals surface area contributed by atoms with Crippen LogP contribution in [0.15, 0.2) is 36.4 Å². The molecule has 0 aliphatic heterocycles. The van der Waals surface area contributed by atoms with Gasteiger partial charge in [0.25, 0.3) is 0 Å². The molecule has 0 aliphatic carbocycles. The minimum atomic E-state index is 0.647. The largest absolute Gasteiger partial charge is 0.493 e. The fourth-order valence-electron chi connectivity index (χ4n) is 3.27. The van der Waals surface area contributed by atoms with Crippen molar-refractivity contribution >= 4 is 16.6 Å². The number of hydrogen-bond donors (Lipinski definition) is 0. The molecule has 0 spiro atoms. The van der Waals surface area contributed by atoms with E-state index in [1.807, 2.05) is 28.7 Å². The molecule has 2 aromatic heterocycles. The van der Waals surface area contributed by atoms with Crippen molar-refractivity contribution in [3.05, 3.63) is 47.8 Å². The Kier molecular flexibility index (Phi) is 3.95. The zero-order valence-corrected chi connectivity index (χ0v) is 15.3. The molecule has 0 radical (unpaired) electrons. The summed E-state index contributed by atoms with van der Waals surface area (Å²) in [7, 11) is 3.24. The van der Waals surface area contributed by atoms with Gasteiger partial charge >= 0.3 is 0 Å². The van der Waals surface area contributed by atoms with Crippen molar-refractivity contribution < 1.29 is 9.47 Å². The molecular weight excluding hydrogens is 328 g/mol. The average Bonchev–Trinajstić information content (AvgIpc) is 3.11. The summed E-state index contributed by atoms with van der Waals surface area (Å²) in [6.45, 7) is 4.15. The number of hydrogen-bond acceptors (Lipinski definition) is 5. The highest BCUT2D eigenvalue weighted by Gasteiger charge is 2.18. The molecule has 0 fully saturated rings. The lowest BCUT2D eigenvalue weighted by atomic mass is 10.1. The smallest absolute Gasteiger partial charge is 0.172 e. The predicted molar refractivity (Wildman–Crippen MR) is 101 cm³/mol. The molecule has 0 unspecified atom stereocenters. The van der Waals surface area contributed by atoms with Crippen LogP contribution in [0, 0.1) is 6.92 Å². The van der Waals surface area contributed by atoms with E-state index >= 15 is 0 Å². The molecule has 4 aromatic rings. The van der Waals surface area contributed by atoms with Gasteiger partial charge in [-0.3, -0.25) is 4.40 Å². The minimum Gasteiger partial charge on any atom is -0.493 e. The first-order valence-electron chi connectivity index (χ1n) is 8.53. The SMILES string of the molecule is CCc1nc2cc(OC)c(OC)cc2c2nnc(-c3ccccc3C)n12. The number of fused-ring (bicyclic) bond motifs is 3. The molecule has 0 saturated carbocycles. The van der Waals surface area contributed by atoms with Crippen molar-refractivity contribution in [1.82, 2.24) is 19.6 Å². The fraction of sp³-hybridized carbons (Fsp3) is 0.250. The number of aryl methyl sites for hydroxylation is 2. The standard InChI is InChI=1S/C20H20N4O2/c1-5-18-21-15-11-17(26-4)16(25-3)10-14(15)20-23-22-19(24(18)20)13-9-7-6-8-12(13)2/h6-11H,5H2,1-4H3. The van der Waals surface area contributed by atoms with Gasteiger partial charge in [0.1, 0.15) is 5.82 Å². The Morgan fingerprint density at radius 1 is 1.00 bits per heavy atom. The molecule has 0 amide bonds. The summed E-state index contributed by atoms with van der Waals surface area (Å²) in [4.78, 5) is 4.84. The molecule has 0 atom stereocenters. The van der Waals surface area contributed by atoms with Crippen molar-refractivity contribution in [1.29, 1.82) is 0 Å². The molecule has 0 bridgehead atoms. The van der Waals surface area contributed by atoms with E-state index < -0.39 is 0 Å². The van der Waals surface area contributed by atoms with Crippen LogP contribution < -0.4 is 9.47 Å². The number of ether oxygens (including phenoxy) is 2. The van der Waals surface area contributed by atoms with E-state index in [0.29, 0.717) is 11.5 Å². The first-order chi connectivity index (χ1) is 12.7. The van der Waals surface area contributed by atoms with Gasteiger partial charge in [0.2, 0.25) is 0 Å². The van der Waals surface area contributed by atoms with E-state index in [1.165, 1.54) is 0 Å². The third-order valence-electron chi connectivity index (χ3n) is 4.62. The van der Waals surface area contributed by atoms with Crippen LogP contribution in [-0.4, -0.2) is 33.8 Å². The van der Waals surface area contributed by atoms with Gasteiger partial charge < -0.3 is 9.47 Å². The maximum Gasteiger partial charge on any atom is 0.172 e. The lowest BCUT2D eigenvalue weighted by Gasteiger charge is -2.12. The Morgan fingerprint density at radius 2 is 1.73 bits per heavy atom. The number of benzene rings is 2. The first-order valence-corrected chi connectivity index (χ1v) is 8.53. The zero-order chi connectivity index (χ0) is 18.3. The average molecular weight is 348 g/mol. The lowest BCUT2D eigenvalue weighted by molar-refractivity contribution is 0.356. The van der Waals surface area contributed by atoms with Crippen molar-refractivity contribution in [3.63, 3.8) is 0 Å². The van der Waals surface area contributed by atoms with E-state index in [1.54, 1.807) is 14.2 Å². The van der Waals surface area contributed by atoms with E-state index in [9.17, 15) is 0 Å². The van der Waals surface area contributed by atoms with Crippen LogP contribution in [-0.2, 0) is 6.42 Å². The number of methoxy groups -OCH3 is 2. The molecule has 2 aromatic carbocycles. The van der Waals surface area contributed by atoms with Gasteiger partial charge in [-0.1, -0.05) is 31.2 Å². The lowest BCUT2D eigenvalue weighted by Crippen LogP contribution is -2.03. The van der Waals surface area contributed by atoms with Crippen LogP contribution in [0.4, 0.5) is 0 Å². The third-order valence-corrected chi connectivity index (χ3v) is 4.62. The minimum absolute atomic E-state index is 0.647. The highest BCUT2D eigenvalue weighted by atomic mass is 16.5. The first kappa shape index (κ1) is 16.3. The quantitative estimate of drug-likeness (QED) is 0.561. The summed E-state index contributed by atoms with van der Waals surface area (Å²) < 4.78 is 12.9. The van der Waals surface area contributed by atoms with Gasteiger partial charge in [-0.15, -0.1) is 10.2 Å². The van der Waals surface area contributed by atoms with Crippen LogP contribution in [0.5, 0.6) is 11.5 Å². The van der Waals surface area contributed by atoms with Crippen molar-refractivity contribution in [2.24, 2.45) is 0 Å². The van der Waals surface area contributed by atoms with Gasteiger partial charge in [-0.25, -0.2) is 4.98 Å². The van der Waals surface area contributed by atoms with Crippen LogP contribution >= 0.6 is 0 Å². The highest BCUT2D eigenvalue weighted by Crippen LogP contribution is 2.34. The predicted octanol–water partition coefficient (Wildman–Crippen LogP) is 3.83. The molecule has 6 nitrogen and oxygen atoms in total. The molecule has 0 aliphatic rings. The monoisotopic (exact) mass is 348 g/mol. The van der Waals surface area contributed by atoms with Crippen molar-refractivity contribution in [2.45, 2.75) is 20.3 Å². The summed E-state index contributed by atoms with van der Waals surface area (Å²) in [6, 6.07) is 12.0. The molecular formula is C20H20N4O2. The summed E-state index contributed by atoms with van der Waals surface area (Å²) in [6.07, 6.45) is 0.762. The molecule has 4 rings (SSSR count). The highest BCUT2D eigenvalue weighted by molar-refractivity contribution is 5.94. The molecule has 2 heterocycles. The Hall–Kier alpha value is -3.15. The van der Waals surface area contributed by atoms with Gasteiger partial charge in [0.15, 0.2) is 23.0 Å². The third kappa shape index (κ3) is 2.37. The molecule has 132 valence electrons. The van der Waals surface area contributed by atoms with Crippen LogP contribution in [0.3, 0.4) is 0 Å². The summed E-state index contributed by atoms with van der Waals surface area (Å²) in [5.74, 6) is 3.01. The Labute approximate surface area is 151 Å². The van der Waals surface area contributed by atoms with Crippen molar-refractivity contribution in [3.8, 4) is 22.9 Å². The maximum atomic E-state index is 5.45. The number of rotatable bonds is 4. The topological polar surface area (TPSA) is 61.5 Å². The van der Waals surface area contributed by atoms with Crippen LogP contribution in [0.25, 0.3) is 27.9 Å². The second kappa shape index (κ2) is 6.29. The summed E-state index contributed by atoms with van der Waals surface area (Å²) >= 11 is 0.